The van der Waals surface area contributed by atoms with E-state index in [4.69, 9.17) is 43.6 Å². The van der Waals surface area contributed by atoms with E-state index >= 15 is 0 Å². The number of hydrogen-bond acceptors (Lipinski definition) is 12. The number of hydrogen-bond donors (Lipinski definition) is 1. The fourth-order valence-electron chi connectivity index (χ4n) is 7.79. The molecule has 1 unspecified atom stereocenters. The fraction of sp³-hybridized carbons (Fsp3) is 0.490. The molecule has 3 heterocycles. The average Bonchev–Trinajstić information content (AvgIpc) is 3.90. The van der Waals surface area contributed by atoms with Crippen LogP contribution < -0.4 is 29.2 Å². The summed E-state index contributed by atoms with van der Waals surface area (Å²) in [5.41, 5.74) is 4.96. The number of methoxy groups -OCH3 is 4. The molecule has 6 rings (SSSR count). The first kappa shape index (κ1) is 47.2. The van der Waals surface area contributed by atoms with E-state index in [1.54, 1.807) is 33.3 Å². The lowest BCUT2D eigenvalue weighted by Crippen LogP contribution is -2.35. The van der Waals surface area contributed by atoms with E-state index in [9.17, 15) is 9.59 Å². The molecule has 5 aromatic rings. The molecule has 15 heteroatoms. The summed E-state index contributed by atoms with van der Waals surface area (Å²) < 4.78 is 36.4. The highest BCUT2D eigenvalue weighted by atomic mass is 16.6. The Hall–Kier alpha value is -6.25. The third kappa shape index (κ3) is 11.9. The van der Waals surface area contributed by atoms with Crippen molar-refractivity contribution in [2.75, 3.05) is 46.4 Å². The zero-order valence-electron chi connectivity index (χ0n) is 39.4. The summed E-state index contributed by atoms with van der Waals surface area (Å²) in [5.74, 6) is 4.08. The zero-order chi connectivity index (χ0) is 46.2. The van der Waals surface area contributed by atoms with Gasteiger partial charge in [-0.1, -0.05) is 37.6 Å². The highest BCUT2D eigenvalue weighted by molar-refractivity contribution is 5.89. The largest absolute Gasteiger partial charge is 0.497 e. The monoisotopic (exact) mass is 879 g/mol. The number of carbonyl (C=O) groups excluding carboxylic acids is 2. The van der Waals surface area contributed by atoms with Crippen LogP contribution in [0.4, 0.5) is 15.4 Å². The van der Waals surface area contributed by atoms with Crippen LogP contribution in [0.25, 0.3) is 11.0 Å². The van der Waals surface area contributed by atoms with Gasteiger partial charge in [0.1, 0.15) is 45.5 Å². The van der Waals surface area contributed by atoms with Gasteiger partial charge in [0.05, 0.1) is 39.6 Å². The highest BCUT2D eigenvalue weighted by Crippen LogP contribution is 2.38. The number of ether oxygens (including phenoxy) is 6. The van der Waals surface area contributed by atoms with Crippen LogP contribution in [0.5, 0.6) is 23.0 Å². The maximum Gasteiger partial charge on any atom is 0.410 e. The zero-order valence-corrected chi connectivity index (χ0v) is 39.4. The SMILES string of the molecule is CCCCc1nc2c(N(Cc3ccc(OC)cc3OC)Cc3ccc(OC)cc3OC)nnc(C3CCN(C(=O)OC(C)(C)C)C3)c2n1Cc1ccc(CNC(=O)OC(C)(C)C)cc1. The second kappa shape index (κ2) is 20.5. The molecule has 1 N–H and O–H groups in total. The fourth-order valence-corrected chi connectivity index (χ4v) is 7.79. The van der Waals surface area contributed by atoms with Gasteiger partial charge in [0.2, 0.25) is 0 Å². The van der Waals surface area contributed by atoms with Crippen LogP contribution in [0.2, 0.25) is 0 Å². The van der Waals surface area contributed by atoms with E-state index in [2.05, 4.69) is 33.8 Å². The van der Waals surface area contributed by atoms with E-state index in [0.29, 0.717) is 80.0 Å². The average molecular weight is 880 g/mol. The molecule has 0 spiro atoms. The number of likely N-dealkylation sites (tertiary alicyclic amines) is 1. The van der Waals surface area contributed by atoms with Gasteiger partial charge >= 0.3 is 12.2 Å². The number of nitrogens with one attached hydrogen (secondary N) is 1. The summed E-state index contributed by atoms with van der Waals surface area (Å²) in [5, 5.41) is 13.0. The van der Waals surface area contributed by atoms with Gasteiger partial charge in [-0.2, -0.15) is 5.10 Å². The molecule has 15 nitrogen and oxygen atoms in total. The third-order valence-corrected chi connectivity index (χ3v) is 10.9. The van der Waals surface area contributed by atoms with Gasteiger partial charge < -0.3 is 48.1 Å². The summed E-state index contributed by atoms with van der Waals surface area (Å²) in [4.78, 5) is 35.2. The van der Waals surface area contributed by atoms with Crippen molar-refractivity contribution < 1.29 is 38.0 Å². The van der Waals surface area contributed by atoms with E-state index in [1.807, 2.05) is 90.1 Å². The Balaban J connectivity index is 1.49. The highest BCUT2D eigenvalue weighted by Gasteiger charge is 2.35. The van der Waals surface area contributed by atoms with Gasteiger partial charge in [0, 0.05) is 74.9 Å². The molecule has 1 fully saturated rings. The molecule has 1 aliphatic rings. The number of anilines is 1. The van der Waals surface area contributed by atoms with Crippen molar-refractivity contribution in [3.63, 3.8) is 0 Å². The molecular formula is C49H65N7O8. The number of rotatable bonds is 17. The number of alkyl carbamates (subject to hydrolysis) is 1. The van der Waals surface area contributed by atoms with E-state index in [1.165, 1.54) is 0 Å². The Labute approximate surface area is 377 Å². The normalized spacial score (nSPS) is 14.0. The lowest BCUT2D eigenvalue weighted by atomic mass is 10.0. The predicted octanol–water partition coefficient (Wildman–Crippen LogP) is 9.21. The standard InChI is InChI=1S/C49H65N7O8/c1-12-13-14-41-51-43-44(56(41)28-33-17-15-32(16-18-33)27-50-46(57)63-48(2,3)4)42(36-23-24-54(31-36)47(58)64-49(5,6)7)52-53-45(43)55(29-34-19-21-37(59-8)25-39(34)61-10)30-35-20-22-38(60-9)26-40(35)62-11/h15-22,25-26,36H,12-14,23-24,27-31H2,1-11H3,(H,50,57). The number of nitrogens with zero attached hydrogens (tertiary/aromatic N) is 6. The number of amides is 2. The maximum atomic E-state index is 13.4. The molecular weight excluding hydrogens is 815 g/mol. The lowest BCUT2D eigenvalue weighted by Gasteiger charge is -2.26. The second-order valence-electron chi connectivity index (χ2n) is 18.1. The molecule has 2 amide bonds. The molecule has 344 valence electrons. The predicted molar refractivity (Wildman–Crippen MR) is 247 cm³/mol. The minimum atomic E-state index is -0.624. The summed E-state index contributed by atoms with van der Waals surface area (Å²) in [6.07, 6.45) is 2.51. The minimum absolute atomic E-state index is 0.121. The molecule has 1 saturated heterocycles. The van der Waals surface area contributed by atoms with Crippen LogP contribution in [0.1, 0.15) is 107 Å². The van der Waals surface area contributed by atoms with Crippen LogP contribution in [0, 0.1) is 0 Å². The Morgan fingerprint density at radius 1 is 0.781 bits per heavy atom. The molecule has 2 aromatic heterocycles. The molecule has 1 aliphatic heterocycles. The molecule has 0 bridgehead atoms. The van der Waals surface area contributed by atoms with Gasteiger partial charge in [0.25, 0.3) is 0 Å². The van der Waals surface area contributed by atoms with Crippen molar-refractivity contribution in [1.82, 2.24) is 30.0 Å². The van der Waals surface area contributed by atoms with Gasteiger partial charge in [-0.25, -0.2) is 14.6 Å². The van der Waals surface area contributed by atoms with E-state index in [-0.39, 0.29) is 12.0 Å². The van der Waals surface area contributed by atoms with E-state index < -0.39 is 17.3 Å². The van der Waals surface area contributed by atoms with Crippen molar-refractivity contribution in [1.29, 1.82) is 0 Å². The first-order valence-electron chi connectivity index (χ1n) is 22.0. The van der Waals surface area contributed by atoms with E-state index in [0.717, 1.165) is 58.6 Å². The van der Waals surface area contributed by atoms with Crippen molar-refractivity contribution in [3.8, 4) is 23.0 Å². The van der Waals surface area contributed by atoms with Crippen LogP contribution in [-0.2, 0) is 42.1 Å². The van der Waals surface area contributed by atoms with Crippen molar-refractivity contribution in [2.45, 2.75) is 117 Å². The third-order valence-electron chi connectivity index (χ3n) is 10.9. The van der Waals surface area contributed by atoms with Gasteiger partial charge in [0.15, 0.2) is 5.82 Å². The minimum Gasteiger partial charge on any atom is -0.497 e. The van der Waals surface area contributed by atoms with Crippen LogP contribution in [-0.4, -0.2) is 89.6 Å². The van der Waals surface area contributed by atoms with Crippen molar-refractivity contribution >= 4 is 29.0 Å². The summed E-state index contributed by atoms with van der Waals surface area (Å²) in [7, 11) is 6.56. The van der Waals surface area contributed by atoms with Gasteiger partial charge in [-0.15, -0.1) is 5.10 Å². The Morgan fingerprint density at radius 3 is 1.92 bits per heavy atom. The number of benzene rings is 3. The number of aryl methyl sites for hydroxylation is 1. The molecule has 0 radical (unpaired) electrons. The smallest absolute Gasteiger partial charge is 0.410 e. The topological polar surface area (TPSA) is 152 Å². The Morgan fingerprint density at radius 2 is 1.38 bits per heavy atom. The number of aromatic nitrogens is 4. The molecule has 1 atom stereocenters. The molecule has 64 heavy (non-hydrogen) atoms. The van der Waals surface area contributed by atoms with Gasteiger partial charge in [-0.05, 0) is 89.8 Å². The number of unbranched alkanes of at least 4 members (excludes halogenated alkanes) is 1. The number of imidazole rings is 1. The summed E-state index contributed by atoms with van der Waals surface area (Å²) in [6, 6.07) is 19.8. The molecule has 3 aromatic carbocycles. The summed E-state index contributed by atoms with van der Waals surface area (Å²) in [6.45, 7) is 15.9. The summed E-state index contributed by atoms with van der Waals surface area (Å²) >= 11 is 0. The van der Waals surface area contributed by atoms with Gasteiger partial charge in [-0.3, -0.25) is 0 Å². The molecule has 0 saturated carbocycles. The quantitative estimate of drug-likeness (QED) is 0.0948. The van der Waals surface area contributed by atoms with Crippen molar-refractivity contribution in [2.24, 2.45) is 0 Å². The second-order valence-corrected chi connectivity index (χ2v) is 18.1. The first-order chi connectivity index (χ1) is 30.5. The first-order valence-corrected chi connectivity index (χ1v) is 22.0. The van der Waals surface area contributed by atoms with Crippen LogP contribution in [0.3, 0.4) is 0 Å². The Kier molecular flexibility index (Phi) is 15.1. The number of carbonyl (C=O) groups is 2. The Bertz CT molecular complexity index is 2330. The van der Waals surface area contributed by atoms with Crippen LogP contribution in [0.15, 0.2) is 60.7 Å². The van der Waals surface area contributed by atoms with Crippen LogP contribution >= 0.6 is 0 Å². The van der Waals surface area contributed by atoms with Crippen molar-refractivity contribution in [3.05, 3.63) is 94.4 Å². The number of fused-ring (bicyclic) bond motifs is 1. The lowest BCUT2D eigenvalue weighted by molar-refractivity contribution is 0.0292. The molecule has 0 aliphatic carbocycles. The maximum absolute atomic E-state index is 13.4.